The average Bonchev–Trinajstić information content (AvgIpc) is 3.14. The van der Waals surface area contributed by atoms with Gasteiger partial charge in [0, 0.05) is 13.6 Å². The summed E-state index contributed by atoms with van der Waals surface area (Å²) in [5, 5.41) is 7.54. The van der Waals surface area contributed by atoms with Crippen LogP contribution >= 0.6 is 11.8 Å². The fraction of sp³-hybridized carbons (Fsp3) is 0.250. The van der Waals surface area contributed by atoms with Crippen LogP contribution in [0.5, 0.6) is 5.75 Å². The zero-order chi connectivity index (χ0) is 19.1. The van der Waals surface area contributed by atoms with E-state index < -0.39 is 0 Å². The van der Waals surface area contributed by atoms with Gasteiger partial charge in [-0.05, 0) is 24.1 Å². The molecule has 0 aliphatic heterocycles. The second kappa shape index (κ2) is 9.23. The maximum absolute atomic E-state index is 12.3. The van der Waals surface area contributed by atoms with Crippen LogP contribution in [0.1, 0.15) is 17.0 Å². The molecule has 1 aromatic heterocycles. The molecule has 140 valence electrons. The molecular weight excluding hydrogens is 360 g/mol. The Morgan fingerprint density at radius 2 is 1.89 bits per heavy atom. The minimum absolute atomic E-state index is 0.0337. The van der Waals surface area contributed by atoms with Gasteiger partial charge in [-0.15, -0.1) is 5.10 Å². The number of H-pyrrole nitrogens is 1. The van der Waals surface area contributed by atoms with E-state index in [2.05, 4.69) is 15.2 Å². The third kappa shape index (κ3) is 5.59. The second-order valence-corrected chi connectivity index (χ2v) is 7.09. The first-order valence-electron chi connectivity index (χ1n) is 8.62. The lowest BCUT2D eigenvalue weighted by atomic mass is 10.2. The topological polar surface area (TPSA) is 71.1 Å². The minimum Gasteiger partial charge on any atom is -0.485 e. The van der Waals surface area contributed by atoms with E-state index in [4.69, 9.17) is 4.74 Å². The van der Waals surface area contributed by atoms with Gasteiger partial charge < -0.3 is 9.64 Å². The van der Waals surface area contributed by atoms with E-state index >= 15 is 0 Å². The van der Waals surface area contributed by atoms with Crippen LogP contribution in [0, 0.1) is 6.92 Å². The van der Waals surface area contributed by atoms with Crippen molar-refractivity contribution in [1.29, 1.82) is 0 Å². The van der Waals surface area contributed by atoms with Gasteiger partial charge in [-0.25, -0.2) is 4.98 Å². The molecule has 0 aliphatic rings. The predicted octanol–water partition coefficient (Wildman–Crippen LogP) is 3.44. The van der Waals surface area contributed by atoms with Crippen molar-refractivity contribution in [2.24, 2.45) is 0 Å². The molecule has 2 aromatic carbocycles. The van der Waals surface area contributed by atoms with Gasteiger partial charge in [0.15, 0.2) is 5.82 Å². The molecule has 0 saturated heterocycles. The molecule has 0 spiro atoms. The van der Waals surface area contributed by atoms with E-state index in [1.807, 2.05) is 61.5 Å². The summed E-state index contributed by atoms with van der Waals surface area (Å²) in [6, 6.07) is 17.7. The van der Waals surface area contributed by atoms with Crippen LogP contribution in [0.15, 0.2) is 59.8 Å². The van der Waals surface area contributed by atoms with Gasteiger partial charge in [0.05, 0.1) is 5.75 Å². The summed E-state index contributed by atoms with van der Waals surface area (Å²) in [5.41, 5.74) is 2.17. The van der Waals surface area contributed by atoms with E-state index in [1.165, 1.54) is 11.8 Å². The largest absolute Gasteiger partial charge is 0.485 e. The number of thioether (sulfide) groups is 1. The van der Waals surface area contributed by atoms with Crippen LogP contribution in [0.4, 0.5) is 0 Å². The number of rotatable bonds is 8. The summed E-state index contributed by atoms with van der Waals surface area (Å²) in [4.78, 5) is 18.4. The number of aryl methyl sites for hydroxylation is 1. The number of ether oxygens (including phenoxy) is 1. The Labute approximate surface area is 163 Å². The highest BCUT2D eigenvalue weighted by Crippen LogP contribution is 2.18. The highest BCUT2D eigenvalue weighted by molar-refractivity contribution is 7.99. The van der Waals surface area contributed by atoms with Crippen molar-refractivity contribution >= 4 is 17.7 Å². The zero-order valence-corrected chi connectivity index (χ0v) is 16.2. The first-order chi connectivity index (χ1) is 13.1. The number of nitrogens with one attached hydrogen (secondary N) is 1. The lowest BCUT2D eigenvalue weighted by Crippen LogP contribution is -2.27. The van der Waals surface area contributed by atoms with Crippen molar-refractivity contribution in [2.45, 2.75) is 25.2 Å². The minimum atomic E-state index is 0.0337. The van der Waals surface area contributed by atoms with Crippen molar-refractivity contribution in [1.82, 2.24) is 20.1 Å². The fourth-order valence-electron chi connectivity index (χ4n) is 2.45. The van der Waals surface area contributed by atoms with Crippen molar-refractivity contribution in [3.8, 4) is 5.75 Å². The van der Waals surface area contributed by atoms with Gasteiger partial charge >= 0.3 is 0 Å². The quantitative estimate of drug-likeness (QED) is 0.604. The monoisotopic (exact) mass is 382 g/mol. The summed E-state index contributed by atoms with van der Waals surface area (Å²) < 4.78 is 5.75. The molecule has 6 nitrogen and oxygen atoms in total. The van der Waals surface area contributed by atoms with E-state index in [0.717, 1.165) is 16.9 Å². The molecule has 0 unspecified atom stereocenters. The number of carbonyl (C=O) groups excluding carboxylic acids is 1. The molecule has 27 heavy (non-hydrogen) atoms. The van der Waals surface area contributed by atoms with Crippen molar-refractivity contribution < 1.29 is 9.53 Å². The van der Waals surface area contributed by atoms with Crippen molar-refractivity contribution in [3.05, 3.63) is 71.5 Å². The molecule has 1 amide bonds. The molecule has 3 aromatic rings. The van der Waals surface area contributed by atoms with Crippen LogP contribution in [-0.4, -0.2) is 38.8 Å². The van der Waals surface area contributed by atoms with Crippen LogP contribution in [-0.2, 0) is 17.9 Å². The van der Waals surface area contributed by atoms with Crippen LogP contribution in [0.25, 0.3) is 0 Å². The van der Waals surface area contributed by atoms with E-state index in [-0.39, 0.29) is 5.91 Å². The van der Waals surface area contributed by atoms with Gasteiger partial charge in [-0.3, -0.25) is 9.89 Å². The summed E-state index contributed by atoms with van der Waals surface area (Å²) in [5.74, 6) is 1.78. The number of amides is 1. The van der Waals surface area contributed by atoms with Crippen molar-refractivity contribution in [2.75, 3.05) is 12.8 Å². The number of aromatic amines is 1. The lowest BCUT2D eigenvalue weighted by Gasteiger charge is -2.16. The number of benzene rings is 2. The fourth-order valence-corrected chi connectivity index (χ4v) is 3.21. The van der Waals surface area contributed by atoms with E-state index in [0.29, 0.717) is 29.9 Å². The summed E-state index contributed by atoms with van der Waals surface area (Å²) in [6.07, 6.45) is 0. The van der Waals surface area contributed by atoms with Gasteiger partial charge in [-0.1, -0.05) is 60.3 Å². The number of carbonyl (C=O) groups is 1. The average molecular weight is 382 g/mol. The molecule has 0 aliphatic carbocycles. The first kappa shape index (κ1) is 19.0. The Kier molecular flexibility index (Phi) is 6.49. The summed E-state index contributed by atoms with van der Waals surface area (Å²) in [6.45, 7) is 2.89. The van der Waals surface area contributed by atoms with E-state index in [1.54, 1.807) is 11.9 Å². The smallest absolute Gasteiger partial charge is 0.233 e. The third-order valence-electron chi connectivity index (χ3n) is 3.98. The SMILES string of the molecule is Cc1ccccc1OCc1nc(SCC(=O)N(C)Cc2ccccc2)n[nH]1. The van der Waals surface area contributed by atoms with Gasteiger partial charge in [0.25, 0.3) is 0 Å². The maximum atomic E-state index is 12.3. The highest BCUT2D eigenvalue weighted by atomic mass is 32.2. The first-order valence-corrected chi connectivity index (χ1v) is 9.61. The Balaban J connectivity index is 1.46. The maximum Gasteiger partial charge on any atom is 0.233 e. The van der Waals surface area contributed by atoms with Crippen molar-refractivity contribution in [3.63, 3.8) is 0 Å². The van der Waals surface area contributed by atoms with Crippen LogP contribution in [0.2, 0.25) is 0 Å². The number of hydrogen-bond donors (Lipinski definition) is 1. The Hall–Kier alpha value is -2.80. The molecule has 0 fully saturated rings. The lowest BCUT2D eigenvalue weighted by molar-refractivity contribution is -0.127. The Bertz CT molecular complexity index is 882. The Morgan fingerprint density at radius 3 is 2.67 bits per heavy atom. The van der Waals surface area contributed by atoms with Gasteiger partial charge in [-0.2, -0.15) is 0 Å². The number of para-hydroxylation sites is 1. The van der Waals surface area contributed by atoms with E-state index in [9.17, 15) is 4.79 Å². The molecule has 1 N–H and O–H groups in total. The molecule has 0 radical (unpaired) electrons. The highest BCUT2D eigenvalue weighted by Gasteiger charge is 2.12. The summed E-state index contributed by atoms with van der Waals surface area (Å²) >= 11 is 1.31. The van der Waals surface area contributed by atoms with Gasteiger partial charge in [0.2, 0.25) is 11.1 Å². The molecule has 0 saturated carbocycles. The Morgan fingerprint density at radius 1 is 1.15 bits per heavy atom. The summed E-state index contributed by atoms with van der Waals surface area (Å²) in [7, 11) is 1.80. The van der Waals surface area contributed by atoms with Gasteiger partial charge in [0.1, 0.15) is 12.4 Å². The second-order valence-electron chi connectivity index (χ2n) is 6.14. The molecule has 0 atom stereocenters. The molecule has 0 bridgehead atoms. The number of hydrogen-bond acceptors (Lipinski definition) is 5. The standard InChI is InChI=1S/C20H22N4O2S/c1-15-8-6-7-11-17(15)26-13-18-21-20(23-22-18)27-14-19(25)24(2)12-16-9-4-3-5-10-16/h3-11H,12-14H2,1-2H3,(H,21,22,23). The normalized spacial score (nSPS) is 10.6. The number of nitrogens with zero attached hydrogens (tertiary/aromatic N) is 3. The predicted molar refractivity (Wildman–Crippen MR) is 106 cm³/mol. The molecule has 1 heterocycles. The molecule has 3 rings (SSSR count). The van der Waals surface area contributed by atoms with Crippen LogP contribution < -0.4 is 4.74 Å². The van der Waals surface area contributed by atoms with Crippen LogP contribution in [0.3, 0.4) is 0 Å². The molecular formula is C20H22N4O2S. The zero-order valence-electron chi connectivity index (χ0n) is 15.4. The molecule has 7 heteroatoms. The number of aromatic nitrogens is 3. The third-order valence-corrected chi connectivity index (χ3v) is 4.81.